The highest BCUT2D eigenvalue weighted by Crippen LogP contribution is 2.28. The van der Waals surface area contributed by atoms with E-state index in [1.165, 1.54) is 22.2 Å². The predicted octanol–water partition coefficient (Wildman–Crippen LogP) is 4.46. The van der Waals surface area contributed by atoms with E-state index in [1.54, 1.807) is 50.2 Å². The van der Waals surface area contributed by atoms with Gasteiger partial charge in [0.15, 0.2) is 5.78 Å². The van der Waals surface area contributed by atoms with Crippen molar-refractivity contribution in [3.05, 3.63) is 93.3 Å². The zero-order valence-corrected chi connectivity index (χ0v) is 17.3. The number of nitrogens with one attached hydrogen (secondary N) is 1. The molecule has 1 atom stereocenters. The molecule has 2 heterocycles. The maximum absolute atomic E-state index is 13.2. The van der Waals surface area contributed by atoms with Gasteiger partial charge >= 0.3 is 0 Å². The molecular formula is C23H19N3O3S. The zero-order valence-electron chi connectivity index (χ0n) is 16.5. The second kappa shape index (κ2) is 8.04. The maximum Gasteiger partial charge on any atom is 0.266 e. The van der Waals surface area contributed by atoms with E-state index in [1.807, 2.05) is 24.3 Å². The number of benzene rings is 2. The Morgan fingerprint density at radius 1 is 1.03 bits per heavy atom. The summed E-state index contributed by atoms with van der Waals surface area (Å²) in [7, 11) is 0. The van der Waals surface area contributed by atoms with Crippen LogP contribution in [0, 0.1) is 6.92 Å². The molecular weight excluding hydrogens is 398 g/mol. The van der Waals surface area contributed by atoms with Crippen LogP contribution in [0.4, 0.5) is 5.69 Å². The van der Waals surface area contributed by atoms with Gasteiger partial charge in [0, 0.05) is 11.3 Å². The molecule has 1 N–H and O–H groups in total. The van der Waals surface area contributed by atoms with Gasteiger partial charge in [-0.15, -0.1) is 11.3 Å². The second-order valence-electron chi connectivity index (χ2n) is 6.92. The van der Waals surface area contributed by atoms with Crippen LogP contribution in [0.1, 0.15) is 38.6 Å². The van der Waals surface area contributed by atoms with Crippen LogP contribution in [0.15, 0.2) is 71.8 Å². The molecule has 0 aliphatic rings. The van der Waals surface area contributed by atoms with Crippen LogP contribution in [0.3, 0.4) is 0 Å². The number of carbonyl (C=O) groups excluding carboxylic acids is 2. The minimum absolute atomic E-state index is 0.172. The number of Topliss-reactive ketones (excluding diaryl/α,β-unsaturated/α-hetero) is 1. The van der Waals surface area contributed by atoms with E-state index < -0.39 is 6.04 Å². The van der Waals surface area contributed by atoms with Crippen LogP contribution in [-0.4, -0.2) is 21.2 Å². The van der Waals surface area contributed by atoms with Gasteiger partial charge in [-0.2, -0.15) is 0 Å². The summed E-state index contributed by atoms with van der Waals surface area (Å²) in [5.41, 5.74) is 1.44. The molecule has 4 aromatic rings. The van der Waals surface area contributed by atoms with E-state index >= 15 is 0 Å². The molecule has 2 aromatic heterocycles. The Morgan fingerprint density at radius 2 is 1.67 bits per heavy atom. The molecule has 0 fully saturated rings. The normalized spacial score (nSPS) is 11.9. The molecule has 0 unspecified atom stereocenters. The van der Waals surface area contributed by atoms with Crippen LogP contribution in [0.2, 0.25) is 0 Å². The highest BCUT2D eigenvalue weighted by Gasteiger charge is 2.23. The third-order valence-corrected chi connectivity index (χ3v) is 6.17. The summed E-state index contributed by atoms with van der Waals surface area (Å²) >= 11 is 1.17. The fraction of sp³-hybridized carbons (Fsp3) is 0.130. The number of hydrogen-bond acceptors (Lipinski definition) is 5. The Morgan fingerprint density at radius 3 is 2.33 bits per heavy atom. The van der Waals surface area contributed by atoms with Crippen LogP contribution in [-0.2, 0) is 0 Å². The van der Waals surface area contributed by atoms with Crippen molar-refractivity contribution >= 4 is 38.9 Å². The lowest BCUT2D eigenvalue weighted by Gasteiger charge is -2.13. The van der Waals surface area contributed by atoms with Crippen molar-refractivity contribution in [2.75, 3.05) is 5.32 Å². The van der Waals surface area contributed by atoms with E-state index in [2.05, 4.69) is 10.3 Å². The predicted molar refractivity (Wildman–Crippen MR) is 118 cm³/mol. The molecule has 6 nitrogen and oxygen atoms in total. The van der Waals surface area contributed by atoms with E-state index in [4.69, 9.17) is 0 Å². The van der Waals surface area contributed by atoms with E-state index in [-0.39, 0.29) is 17.2 Å². The van der Waals surface area contributed by atoms with Gasteiger partial charge in [-0.05, 0) is 31.5 Å². The third kappa shape index (κ3) is 3.55. The van der Waals surface area contributed by atoms with Gasteiger partial charge in [0.2, 0.25) is 0 Å². The second-order valence-corrected chi connectivity index (χ2v) is 7.92. The number of thiophene rings is 1. The minimum atomic E-state index is -0.710. The smallest absolute Gasteiger partial charge is 0.266 e. The Kier molecular flexibility index (Phi) is 5.29. The maximum atomic E-state index is 13.2. The molecule has 4 rings (SSSR count). The van der Waals surface area contributed by atoms with Crippen molar-refractivity contribution in [3.8, 4) is 0 Å². The van der Waals surface area contributed by atoms with Gasteiger partial charge in [-0.3, -0.25) is 19.0 Å². The molecule has 0 aliphatic heterocycles. The number of aryl methyl sites for hydroxylation is 1. The van der Waals surface area contributed by atoms with Gasteiger partial charge in [-0.25, -0.2) is 4.98 Å². The van der Waals surface area contributed by atoms with Gasteiger partial charge in [0.05, 0.1) is 22.6 Å². The number of para-hydroxylation sites is 1. The van der Waals surface area contributed by atoms with Gasteiger partial charge in [0.1, 0.15) is 4.83 Å². The topological polar surface area (TPSA) is 81.1 Å². The standard InChI is InChI=1S/C23H19N3O3S/c1-14-18-22(30-20(14)21(28)25-17-11-7-4-8-12-17)24-13-26(23(18)29)15(2)19(27)16-9-5-3-6-10-16/h3-13,15H,1-2H3,(H,25,28)/t15-/m1/s1. The quantitative estimate of drug-likeness (QED) is 0.486. The number of carbonyl (C=O) groups is 2. The third-order valence-electron chi connectivity index (χ3n) is 4.97. The highest BCUT2D eigenvalue weighted by atomic mass is 32.1. The number of anilines is 1. The first-order valence-electron chi connectivity index (χ1n) is 9.43. The molecule has 1 amide bonds. The monoisotopic (exact) mass is 417 g/mol. The highest BCUT2D eigenvalue weighted by molar-refractivity contribution is 7.20. The van der Waals surface area contributed by atoms with Crippen molar-refractivity contribution < 1.29 is 9.59 Å². The minimum Gasteiger partial charge on any atom is -0.321 e. The summed E-state index contributed by atoms with van der Waals surface area (Å²) in [5, 5.41) is 3.21. The van der Waals surface area contributed by atoms with Gasteiger partial charge < -0.3 is 5.32 Å². The summed E-state index contributed by atoms with van der Waals surface area (Å²) in [6.07, 6.45) is 1.38. The Balaban J connectivity index is 1.71. The lowest BCUT2D eigenvalue weighted by Crippen LogP contribution is -2.28. The first kappa shape index (κ1) is 19.7. The lowest BCUT2D eigenvalue weighted by molar-refractivity contribution is 0.0932. The molecule has 150 valence electrons. The number of amides is 1. The molecule has 7 heteroatoms. The van der Waals surface area contributed by atoms with Crippen molar-refractivity contribution in [2.45, 2.75) is 19.9 Å². The van der Waals surface area contributed by atoms with Gasteiger partial charge in [-0.1, -0.05) is 48.5 Å². The van der Waals surface area contributed by atoms with Crippen LogP contribution in [0.5, 0.6) is 0 Å². The van der Waals surface area contributed by atoms with Crippen molar-refractivity contribution in [3.63, 3.8) is 0 Å². The zero-order chi connectivity index (χ0) is 21.3. The first-order chi connectivity index (χ1) is 14.5. The Labute approximate surface area is 176 Å². The van der Waals surface area contributed by atoms with Crippen molar-refractivity contribution in [1.82, 2.24) is 9.55 Å². The van der Waals surface area contributed by atoms with E-state index in [9.17, 15) is 14.4 Å². The van der Waals surface area contributed by atoms with Crippen molar-refractivity contribution in [2.24, 2.45) is 0 Å². The number of aromatic nitrogens is 2. The lowest BCUT2D eigenvalue weighted by atomic mass is 10.1. The Bertz CT molecular complexity index is 1290. The molecule has 0 spiro atoms. The van der Waals surface area contributed by atoms with E-state index in [0.717, 1.165) is 0 Å². The fourth-order valence-electron chi connectivity index (χ4n) is 3.31. The SMILES string of the molecule is Cc1c(C(=O)Nc2ccccc2)sc2ncn([C@H](C)C(=O)c3ccccc3)c(=O)c12. The number of rotatable bonds is 5. The summed E-state index contributed by atoms with van der Waals surface area (Å²) in [5.74, 6) is -0.463. The van der Waals surface area contributed by atoms with Crippen LogP contribution >= 0.6 is 11.3 Å². The molecule has 0 aliphatic carbocycles. The Hall–Kier alpha value is -3.58. The summed E-state index contributed by atoms with van der Waals surface area (Å²) in [6.45, 7) is 3.41. The molecule has 0 bridgehead atoms. The van der Waals surface area contributed by atoms with Crippen LogP contribution in [0.25, 0.3) is 10.2 Å². The average molecular weight is 417 g/mol. The van der Waals surface area contributed by atoms with Crippen LogP contribution < -0.4 is 10.9 Å². The van der Waals surface area contributed by atoms with E-state index in [0.29, 0.717) is 31.9 Å². The fourth-order valence-corrected chi connectivity index (χ4v) is 4.34. The molecule has 0 saturated carbocycles. The largest absolute Gasteiger partial charge is 0.321 e. The molecule has 30 heavy (non-hydrogen) atoms. The average Bonchev–Trinajstić information content (AvgIpc) is 3.11. The van der Waals surface area contributed by atoms with Gasteiger partial charge in [0.25, 0.3) is 11.5 Å². The van der Waals surface area contributed by atoms with Crippen molar-refractivity contribution in [1.29, 1.82) is 0 Å². The molecule has 2 aromatic carbocycles. The molecule has 0 saturated heterocycles. The summed E-state index contributed by atoms with van der Waals surface area (Å²) < 4.78 is 1.33. The summed E-state index contributed by atoms with van der Waals surface area (Å²) in [4.78, 5) is 44.0. The number of hydrogen-bond donors (Lipinski definition) is 1. The number of fused-ring (bicyclic) bond motifs is 1. The molecule has 0 radical (unpaired) electrons. The summed E-state index contributed by atoms with van der Waals surface area (Å²) in [6, 6.07) is 17.2. The number of nitrogens with zero attached hydrogens (tertiary/aromatic N) is 2. The number of ketones is 1. The first-order valence-corrected chi connectivity index (χ1v) is 10.2.